The van der Waals surface area contributed by atoms with Gasteiger partial charge in [-0.25, -0.2) is 4.98 Å². The second kappa shape index (κ2) is 8.19. The summed E-state index contributed by atoms with van der Waals surface area (Å²) in [6.07, 6.45) is 1.79. The van der Waals surface area contributed by atoms with Gasteiger partial charge in [0.2, 0.25) is 5.88 Å². The van der Waals surface area contributed by atoms with Crippen molar-refractivity contribution in [1.29, 1.82) is 0 Å². The minimum absolute atomic E-state index is 0.236. The summed E-state index contributed by atoms with van der Waals surface area (Å²) in [7, 11) is 0. The van der Waals surface area contributed by atoms with Crippen molar-refractivity contribution in [3.05, 3.63) is 75.2 Å². The number of aromatic nitrogens is 1. The van der Waals surface area contributed by atoms with Crippen molar-refractivity contribution in [2.45, 2.75) is 13.8 Å². The molecule has 0 amide bonds. The maximum absolute atomic E-state index is 11.9. The number of hydrogen-bond acceptors (Lipinski definition) is 3. The highest BCUT2D eigenvalue weighted by atomic mass is 35.5. The number of rotatable bonds is 4. The lowest BCUT2D eigenvalue weighted by molar-refractivity contribution is -0.143. The number of hydrogen-bond donors (Lipinski definition) is 1. The molecule has 0 saturated carbocycles. The van der Waals surface area contributed by atoms with E-state index in [1.54, 1.807) is 50.3 Å². The van der Waals surface area contributed by atoms with E-state index in [0.717, 1.165) is 11.1 Å². The Morgan fingerprint density at radius 3 is 2.29 bits per heavy atom. The molecule has 158 valence electrons. The van der Waals surface area contributed by atoms with E-state index in [2.05, 4.69) is 0 Å². The molecule has 0 saturated heterocycles. The topological polar surface area (TPSA) is 59.4 Å². The van der Waals surface area contributed by atoms with Gasteiger partial charge in [-0.1, -0.05) is 46.9 Å². The molecule has 4 nitrogen and oxygen atoms in total. The van der Waals surface area contributed by atoms with Gasteiger partial charge in [-0.05, 0) is 67.5 Å². The Morgan fingerprint density at radius 2 is 1.65 bits per heavy atom. The van der Waals surface area contributed by atoms with Crippen LogP contribution >= 0.6 is 34.8 Å². The average Bonchev–Trinajstić information content (AvgIpc) is 2.73. The van der Waals surface area contributed by atoms with E-state index >= 15 is 0 Å². The highest BCUT2D eigenvalue weighted by Crippen LogP contribution is 2.45. The number of benzene rings is 2. The third kappa shape index (κ3) is 4.03. The first-order valence-electron chi connectivity index (χ1n) is 9.52. The third-order valence-corrected chi connectivity index (χ3v) is 6.13. The quantitative estimate of drug-likeness (QED) is 0.432. The van der Waals surface area contributed by atoms with Crippen LogP contribution in [0.3, 0.4) is 0 Å². The van der Waals surface area contributed by atoms with Crippen LogP contribution in [-0.2, 0) is 4.79 Å². The van der Waals surface area contributed by atoms with E-state index in [0.29, 0.717) is 43.3 Å². The number of pyridine rings is 1. The largest absolute Gasteiger partial charge is 0.481 e. The number of carbonyl (C=O) groups is 1. The van der Waals surface area contributed by atoms with E-state index < -0.39 is 11.4 Å². The van der Waals surface area contributed by atoms with Crippen molar-refractivity contribution < 1.29 is 14.6 Å². The fourth-order valence-electron chi connectivity index (χ4n) is 3.56. The predicted molar refractivity (Wildman–Crippen MR) is 125 cm³/mol. The zero-order chi connectivity index (χ0) is 22.3. The Bertz CT molecular complexity index is 1220. The van der Waals surface area contributed by atoms with Crippen LogP contribution in [0.25, 0.3) is 28.0 Å². The molecule has 0 radical (unpaired) electrons. The zero-order valence-corrected chi connectivity index (χ0v) is 19.0. The second-order valence-electron chi connectivity index (χ2n) is 7.73. The molecular formula is C24H18Cl3NO3. The van der Waals surface area contributed by atoms with Crippen LogP contribution in [0.15, 0.2) is 54.6 Å². The molecule has 1 aliphatic rings. The van der Waals surface area contributed by atoms with Gasteiger partial charge in [0.05, 0.1) is 16.1 Å². The summed E-state index contributed by atoms with van der Waals surface area (Å²) in [4.78, 5) is 16.7. The first-order valence-corrected chi connectivity index (χ1v) is 10.7. The van der Waals surface area contributed by atoms with Crippen molar-refractivity contribution >= 4 is 46.3 Å². The summed E-state index contributed by atoms with van der Waals surface area (Å²) in [5.41, 5.74) is 3.11. The number of carboxylic acids is 1. The molecular weight excluding hydrogens is 457 g/mol. The van der Waals surface area contributed by atoms with Gasteiger partial charge >= 0.3 is 5.97 Å². The molecule has 0 atom stereocenters. The number of aliphatic carboxylic acids is 1. The monoisotopic (exact) mass is 473 g/mol. The maximum atomic E-state index is 11.9. The Kier molecular flexibility index (Phi) is 5.73. The smallest absolute Gasteiger partial charge is 0.313 e. The summed E-state index contributed by atoms with van der Waals surface area (Å²) >= 11 is 18.7. The summed E-state index contributed by atoms with van der Waals surface area (Å²) in [6.45, 7) is 3.57. The minimum Gasteiger partial charge on any atom is -0.481 e. The molecule has 0 aliphatic carbocycles. The van der Waals surface area contributed by atoms with E-state index in [4.69, 9.17) is 44.5 Å². The van der Waals surface area contributed by atoms with Gasteiger partial charge in [-0.3, -0.25) is 4.79 Å². The summed E-state index contributed by atoms with van der Waals surface area (Å²) in [5.74, 6) is -0.560. The predicted octanol–water partition coefficient (Wildman–Crippen LogP) is 7.26. The first kappa shape index (κ1) is 21.7. The minimum atomic E-state index is -1.11. The zero-order valence-electron chi connectivity index (χ0n) is 16.7. The fourth-order valence-corrected chi connectivity index (χ4v) is 4.18. The lowest BCUT2D eigenvalue weighted by Crippen LogP contribution is -2.27. The number of nitrogens with zero attached hydrogens (tertiary/aromatic N) is 1. The van der Waals surface area contributed by atoms with E-state index in [1.807, 2.05) is 18.2 Å². The van der Waals surface area contributed by atoms with Gasteiger partial charge in [-0.15, -0.1) is 0 Å². The summed E-state index contributed by atoms with van der Waals surface area (Å²) in [5, 5.41) is 11.4. The molecule has 0 bridgehead atoms. The van der Waals surface area contributed by atoms with E-state index in [9.17, 15) is 9.90 Å². The summed E-state index contributed by atoms with van der Waals surface area (Å²) < 4.78 is 5.79. The van der Waals surface area contributed by atoms with E-state index in [-0.39, 0.29) is 6.61 Å². The summed E-state index contributed by atoms with van der Waals surface area (Å²) in [6, 6.07) is 14.5. The lowest BCUT2D eigenvalue weighted by Gasteiger charge is -2.29. The van der Waals surface area contributed by atoms with Crippen LogP contribution in [-0.4, -0.2) is 22.7 Å². The highest BCUT2D eigenvalue weighted by Gasteiger charge is 2.36. The molecule has 1 aliphatic heterocycles. The van der Waals surface area contributed by atoms with Crippen LogP contribution in [0.1, 0.15) is 19.4 Å². The Morgan fingerprint density at radius 1 is 0.968 bits per heavy atom. The molecule has 0 spiro atoms. The SMILES string of the molecule is CC(C)(C(=O)O)C1=CCOc2nc(-c3ccc(Cl)cc3Cl)c(-c3ccc(Cl)cc3)cc21. The molecule has 7 heteroatoms. The standard InChI is InChI=1S/C24H18Cl3NO3/c1-24(2,23(29)30)19-9-10-31-22-18(19)12-17(13-3-5-14(25)6-4-13)21(28-22)16-8-7-15(26)11-20(16)27/h3-9,11-12H,10H2,1-2H3,(H,29,30). The average molecular weight is 475 g/mol. The van der Waals surface area contributed by atoms with Gasteiger partial charge in [0.15, 0.2) is 0 Å². The Balaban J connectivity index is 2.00. The Labute approximate surface area is 195 Å². The van der Waals surface area contributed by atoms with Crippen molar-refractivity contribution in [3.8, 4) is 28.3 Å². The molecule has 1 aromatic heterocycles. The number of fused-ring (bicyclic) bond motifs is 1. The molecule has 1 N–H and O–H groups in total. The number of halogens is 3. The van der Waals surface area contributed by atoms with Crippen LogP contribution in [0.5, 0.6) is 5.88 Å². The van der Waals surface area contributed by atoms with Crippen molar-refractivity contribution in [1.82, 2.24) is 4.98 Å². The molecule has 3 aromatic rings. The molecule has 31 heavy (non-hydrogen) atoms. The number of ether oxygens (including phenoxy) is 1. The van der Waals surface area contributed by atoms with Crippen molar-refractivity contribution in [3.63, 3.8) is 0 Å². The second-order valence-corrected chi connectivity index (χ2v) is 9.01. The number of carboxylic acid groups (broad SMARTS) is 1. The molecule has 2 aromatic carbocycles. The van der Waals surface area contributed by atoms with Crippen molar-refractivity contribution in [2.24, 2.45) is 5.41 Å². The van der Waals surface area contributed by atoms with Crippen molar-refractivity contribution in [2.75, 3.05) is 6.61 Å². The Hall–Kier alpha value is -2.53. The molecule has 0 unspecified atom stereocenters. The van der Waals surface area contributed by atoms with Crippen LogP contribution < -0.4 is 4.74 Å². The maximum Gasteiger partial charge on any atom is 0.313 e. The van der Waals surface area contributed by atoms with E-state index in [1.165, 1.54) is 0 Å². The van der Waals surface area contributed by atoms with Crippen LogP contribution in [0, 0.1) is 5.41 Å². The third-order valence-electron chi connectivity index (χ3n) is 5.33. The molecule has 4 rings (SSSR count). The fraction of sp³-hybridized carbons (Fsp3) is 0.167. The van der Waals surface area contributed by atoms with Crippen LogP contribution in [0.2, 0.25) is 15.1 Å². The van der Waals surface area contributed by atoms with Gasteiger partial charge < -0.3 is 9.84 Å². The van der Waals surface area contributed by atoms with Gasteiger partial charge in [0.1, 0.15) is 6.61 Å². The molecule has 2 heterocycles. The first-order chi connectivity index (χ1) is 14.7. The van der Waals surface area contributed by atoms with Gasteiger partial charge in [0, 0.05) is 26.7 Å². The van der Waals surface area contributed by atoms with Gasteiger partial charge in [-0.2, -0.15) is 0 Å². The van der Waals surface area contributed by atoms with Crippen LogP contribution in [0.4, 0.5) is 0 Å². The normalized spacial score (nSPS) is 13.3. The lowest BCUT2D eigenvalue weighted by atomic mass is 9.79. The van der Waals surface area contributed by atoms with Gasteiger partial charge in [0.25, 0.3) is 0 Å². The highest BCUT2D eigenvalue weighted by molar-refractivity contribution is 6.36. The molecule has 0 fully saturated rings.